The van der Waals surface area contributed by atoms with Crippen LogP contribution in [-0.4, -0.2) is 21.7 Å². The minimum Gasteiger partial charge on any atom is -0.436 e. The van der Waals surface area contributed by atoms with Crippen LogP contribution < -0.4 is 10.6 Å². The van der Waals surface area contributed by atoms with Crippen molar-refractivity contribution in [2.75, 3.05) is 10.6 Å². The second kappa shape index (κ2) is 8.94. The van der Waals surface area contributed by atoms with E-state index in [1.165, 1.54) is 6.07 Å². The zero-order chi connectivity index (χ0) is 24.4. The Morgan fingerprint density at radius 2 is 1.57 bits per heavy atom. The number of oxazole rings is 1. The number of carbonyl (C=O) groups is 2. The van der Waals surface area contributed by atoms with E-state index >= 15 is 0 Å². The Balaban J connectivity index is 1.26. The van der Waals surface area contributed by atoms with Gasteiger partial charge in [0.2, 0.25) is 5.89 Å². The molecule has 172 valence electrons. The molecule has 2 amide bonds. The summed E-state index contributed by atoms with van der Waals surface area (Å²) in [6.45, 7) is 0. The van der Waals surface area contributed by atoms with E-state index in [4.69, 9.17) is 8.83 Å². The number of aromatic nitrogens is 1. The van der Waals surface area contributed by atoms with Gasteiger partial charge >= 0.3 is 5.88 Å². The van der Waals surface area contributed by atoms with Gasteiger partial charge in [0, 0.05) is 22.5 Å². The summed E-state index contributed by atoms with van der Waals surface area (Å²) in [5, 5.41) is 16.1. The van der Waals surface area contributed by atoms with E-state index in [-0.39, 0.29) is 11.7 Å². The molecule has 2 N–H and O–H groups in total. The lowest BCUT2D eigenvalue weighted by Gasteiger charge is -2.08. The Morgan fingerprint density at radius 1 is 0.800 bits per heavy atom. The highest BCUT2D eigenvalue weighted by atomic mass is 16.6. The highest BCUT2D eigenvalue weighted by Crippen LogP contribution is 2.26. The standard InChI is InChI=1S/C25H16N4O6/c30-23(15-8-10-17(11-9-15)26-24(31)21-12-13-22(34-21)29(32)33)27-18-5-3-4-16(14-18)25-28-19-6-1-2-7-20(19)35-25/h1-14H,(H,26,31)(H,27,30). The maximum atomic E-state index is 12.7. The highest BCUT2D eigenvalue weighted by Gasteiger charge is 2.17. The van der Waals surface area contributed by atoms with Crippen LogP contribution in [0.4, 0.5) is 17.3 Å². The highest BCUT2D eigenvalue weighted by molar-refractivity contribution is 6.05. The molecular weight excluding hydrogens is 452 g/mol. The second-order valence-electron chi connectivity index (χ2n) is 7.45. The van der Waals surface area contributed by atoms with E-state index in [9.17, 15) is 19.7 Å². The van der Waals surface area contributed by atoms with E-state index in [0.717, 1.165) is 17.1 Å². The summed E-state index contributed by atoms with van der Waals surface area (Å²) in [7, 11) is 0. The first kappa shape index (κ1) is 21.6. The van der Waals surface area contributed by atoms with Crippen LogP contribution in [0.15, 0.2) is 93.8 Å². The van der Waals surface area contributed by atoms with Crippen molar-refractivity contribution >= 4 is 40.2 Å². The van der Waals surface area contributed by atoms with Crippen LogP contribution in [0.2, 0.25) is 0 Å². The first-order valence-electron chi connectivity index (χ1n) is 10.4. The van der Waals surface area contributed by atoms with Crippen LogP contribution in [-0.2, 0) is 0 Å². The molecule has 0 aliphatic rings. The minimum absolute atomic E-state index is 0.197. The number of benzene rings is 3. The molecule has 0 unspecified atom stereocenters. The lowest BCUT2D eigenvalue weighted by atomic mass is 10.1. The van der Waals surface area contributed by atoms with Crippen molar-refractivity contribution < 1.29 is 23.3 Å². The molecule has 0 saturated heterocycles. The van der Waals surface area contributed by atoms with Crippen molar-refractivity contribution in [3.05, 3.63) is 106 Å². The molecule has 0 aliphatic carbocycles. The Labute approximate surface area is 197 Å². The van der Waals surface area contributed by atoms with Gasteiger partial charge in [0.25, 0.3) is 11.8 Å². The average molecular weight is 468 g/mol. The molecule has 2 aromatic heterocycles. The molecule has 10 nitrogen and oxygen atoms in total. The Kier molecular flexibility index (Phi) is 5.52. The number of rotatable bonds is 6. The largest absolute Gasteiger partial charge is 0.436 e. The molecule has 10 heteroatoms. The van der Waals surface area contributed by atoms with Crippen LogP contribution in [0.1, 0.15) is 20.9 Å². The van der Waals surface area contributed by atoms with Crippen LogP contribution in [0.25, 0.3) is 22.6 Å². The molecule has 0 bridgehead atoms. The molecule has 35 heavy (non-hydrogen) atoms. The quantitative estimate of drug-likeness (QED) is 0.248. The minimum atomic E-state index is -0.729. The molecule has 5 aromatic rings. The number of amides is 2. The topological polar surface area (TPSA) is 141 Å². The van der Waals surface area contributed by atoms with Crippen molar-refractivity contribution in [2.45, 2.75) is 0 Å². The molecule has 0 spiro atoms. The predicted molar refractivity (Wildman–Crippen MR) is 127 cm³/mol. The van der Waals surface area contributed by atoms with Crippen molar-refractivity contribution in [1.82, 2.24) is 4.98 Å². The molecule has 0 saturated carbocycles. The Bertz CT molecular complexity index is 1540. The maximum absolute atomic E-state index is 12.7. The number of hydrogen-bond donors (Lipinski definition) is 2. The van der Waals surface area contributed by atoms with E-state index in [2.05, 4.69) is 15.6 Å². The first-order chi connectivity index (χ1) is 17.0. The van der Waals surface area contributed by atoms with E-state index < -0.39 is 16.7 Å². The summed E-state index contributed by atoms with van der Waals surface area (Å²) in [4.78, 5) is 39.3. The number of nitro groups is 1. The number of nitrogens with one attached hydrogen (secondary N) is 2. The maximum Gasteiger partial charge on any atom is 0.433 e. The first-order valence-corrected chi connectivity index (χ1v) is 10.4. The molecule has 0 aliphatic heterocycles. The molecular formula is C25H16N4O6. The third-order valence-corrected chi connectivity index (χ3v) is 5.06. The van der Waals surface area contributed by atoms with Crippen LogP contribution >= 0.6 is 0 Å². The van der Waals surface area contributed by atoms with Crippen LogP contribution in [0.3, 0.4) is 0 Å². The van der Waals surface area contributed by atoms with Gasteiger partial charge in [0.15, 0.2) is 11.3 Å². The lowest BCUT2D eigenvalue weighted by molar-refractivity contribution is -0.402. The average Bonchev–Trinajstić information content (AvgIpc) is 3.53. The molecule has 5 rings (SSSR count). The summed E-state index contributed by atoms with van der Waals surface area (Å²) in [6, 6.07) is 23.1. The number of anilines is 2. The van der Waals surface area contributed by atoms with Crippen LogP contribution in [0, 0.1) is 10.1 Å². The van der Waals surface area contributed by atoms with Gasteiger partial charge in [-0.2, -0.15) is 0 Å². The molecule has 2 heterocycles. The van der Waals surface area contributed by atoms with E-state index in [1.54, 1.807) is 42.5 Å². The van der Waals surface area contributed by atoms with Gasteiger partial charge in [-0.1, -0.05) is 18.2 Å². The van der Waals surface area contributed by atoms with Gasteiger partial charge in [-0.15, -0.1) is 0 Å². The van der Waals surface area contributed by atoms with Gasteiger partial charge in [-0.25, -0.2) is 4.98 Å². The molecule has 0 atom stereocenters. The predicted octanol–water partition coefficient (Wildman–Crippen LogP) is 5.50. The van der Waals surface area contributed by atoms with Gasteiger partial charge < -0.3 is 19.5 Å². The van der Waals surface area contributed by atoms with E-state index in [0.29, 0.717) is 28.4 Å². The number of hydrogen-bond acceptors (Lipinski definition) is 7. The Hall–Kier alpha value is -5.25. The third-order valence-electron chi connectivity index (χ3n) is 5.06. The van der Waals surface area contributed by atoms with Gasteiger partial charge in [-0.05, 0) is 60.7 Å². The van der Waals surface area contributed by atoms with Crippen molar-refractivity contribution in [1.29, 1.82) is 0 Å². The second-order valence-corrected chi connectivity index (χ2v) is 7.45. The lowest BCUT2D eigenvalue weighted by Crippen LogP contribution is -2.13. The fourth-order valence-corrected chi connectivity index (χ4v) is 3.37. The van der Waals surface area contributed by atoms with Gasteiger partial charge in [0.1, 0.15) is 10.4 Å². The zero-order valence-electron chi connectivity index (χ0n) is 17.9. The number of para-hydroxylation sites is 2. The SMILES string of the molecule is O=C(Nc1cccc(-c2nc3ccccc3o2)c1)c1ccc(NC(=O)c2ccc([N+](=O)[O-])o2)cc1. The zero-order valence-corrected chi connectivity index (χ0v) is 17.9. The van der Waals surface area contributed by atoms with Gasteiger partial charge in [0.05, 0.1) is 6.07 Å². The normalized spacial score (nSPS) is 10.7. The summed E-state index contributed by atoms with van der Waals surface area (Å²) in [6.07, 6.45) is 0. The number of fused-ring (bicyclic) bond motifs is 1. The summed E-state index contributed by atoms with van der Waals surface area (Å²) in [5.74, 6) is -1.27. The number of furan rings is 1. The third kappa shape index (κ3) is 4.62. The summed E-state index contributed by atoms with van der Waals surface area (Å²) < 4.78 is 10.7. The molecule has 3 aromatic carbocycles. The van der Waals surface area contributed by atoms with Crippen molar-refractivity contribution in [3.63, 3.8) is 0 Å². The molecule has 0 fully saturated rings. The summed E-state index contributed by atoms with van der Waals surface area (Å²) in [5.41, 5.74) is 3.46. The summed E-state index contributed by atoms with van der Waals surface area (Å²) >= 11 is 0. The van der Waals surface area contributed by atoms with Crippen molar-refractivity contribution in [3.8, 4) is 11.5 Å². The fourth-order valence-electron chi connectivity index (χ4n) is 3.37. The number of nitrogens with zero attached hydrogens (tertiary/aromatic N) is 2. The van der Waals surface area contributed by atoms with Crippen LogP contribution in [0.5, 0.6) is 0 Å². The monoisotopic (exact) mass is 468 g/mol. The van der Waals surface area contributed by atoms with Crippen molar-refractivity contribution in [2.24, 2.45) is 0 Å². The Morgan fingerprint density at radius 3 is 2.31 bits per heavy atom. The molecule has 0 radical (unpaired) electrons. The van der Waals surface area contributed by atoms with E-state index in [1.807, 2.05) is 30.3 Å². The smallest absolute Gasteiger partial charge is 0.433 e. The fraction of sp³-hybridized carbons (Fsp3) is 0. The number of carbonyl (C=O) groups excluding carboxylic acids is 2. The van der Waals surface area contributed by atoms with Gasteiger partial charge in [-0.3, -0.25) is 19.7 Å².